The van der Waals surface area contributed by atoms with Crippen molar-refractivity contribution >= 4 is 23.2 Å². The number of carbonyl (C=O) groups excluding carboxylic acids is 2. The van der Waals surface area contributed by atoms with E-state index in [-0.39, 0.29) is 46.9 Å². The molecule has 24 heavy (non-hydrogen) atoms. The van der Waals surface area contributed by atoms with Gasteiger partial charge in [0.05, 0.1) is 16.8 Å². The molecule has 0 unspecified atom stereocenters. The van der Waals surface area contributed by atoms with Crippen LogP contribution in [0.4, 0.5) is 11.4 Å². The molecule has 6 heteroatoms. The molecule has 1 saturated heterocycles. The van der Waals surface area contributed by atoms with Crippen LogP contribution in [0.25, 0.3) is 0 Å². The lowest BCUT2D eigenvalue weighted by Crippen LogP contribution is -2.40. The van der Waals surface area contributed by atoms with Crippen LogP contribution in [0.15, 0.2) is 30.4 Å². The Morgan fingerprint density at radius 2 is 1.67 bits per heavy atom. The van der Waals surface area contributed by atoms with Gasteiger partial charge in [-0.1, -0.05) is 18.2 Å². The number of amides is 2. The largest absolute Gasteiger partial charge is 0.293 e. The first-order valence-corrected chi connectivity index (χ1v) is 8.30. The van der Waals surface area contributed by atoms with Crippen molar-refractivity contribution in [2.45, 2.75) is 13.3 Å². The van der Waals surface area contributed by atoms with Gasteiger partial charge in [0, 0.05) is 6.07 Å². The van der Waals surface area contributed by atoms with Gasteiger partial charge in [-0.15, -0.1) is 0 Å². The Labute approximate surface area is 138 Å². The van der Waals surface area contributed by atoms with Gasteiger partial charge in [-0.05, 0) is 48.6 Å². The molecule has 2 saturated carbocycles. The highest BCUT2D eigenvalue weighted by molar-refractivity contribution is 6.23. The molecule has 2 amide bonds. The number of nitro groups is 1. The summed E-state index contributed by atoms with van der Waals surface area (Å²) in [5, 5.41) is 11.4. The molecule has 0 aromatic heterocycles. The van der Waals surface area contributed by atoms with Crippen molar-refractivity contribution in [3.63, 3.8) is 0 Å². The van der Waals surface area contributed by atoms with Crippen molar-refractivity contribution in [1.82, 2.24) is 0 Å². The standard InChI is InChI=1S/C18H16N2O4/c1-8-2-5-13(14(6-8)20(23)24)19-17(21)15-9-3-4-10(12-7-11(9)12)16(15)18(19)22/h2-6,9-12,15-16H,7H2,1H3/t9-,10-,11-,12+,15+,16-/m1/s1. The number of nitrogens with zero attached hydrogens (tertiary/aromatic N) is 2. The quantitative estimate of drug-likeness (QED) is 0.362. The molecule has 3 fully saturated rings. The van der Waals surface area contributed by atoms with Gasteiger partial charge in [-0.2, -0.15) is 0 Å². The maximum absolute atomic E-state index is 13.0. The summed E-state index contributed by atoms with van der Waals surface area (Å²) in [6, 6.07) is 4.65. The Morgan fingerprint density at radius 3 is 2.21 bits per heavy atom. The molecule has 6 atom stereocenters. The number of rotatable bonds is 2. The first kappa shape index (κ1) is 13.9. The van der Waals surface area contributed by atoms with E-state index in [4.69, 9.17) is 0 Å². The Kier molecular flexibility index (Phi) is 2.50. The van der Waals surface area contributed by atoms with Crippen LogP contribution in [0.2, 0.25) is 0 Å². The molecule has 5 aliphatic rings. The number of imide groups is 1. The van der Waals surface area contributed by atoms with E-state index in [0.717, 1.165) is 16.9 Å². The van der Waals surface area contributed by atoms with Crippen LogP contribution in [-0.4, -0.2) is 16.7 Å². The third-order valence-corrected chi connectivity index (χ3v) is 6.23. The maximum Gasteiger partial charge on any atom is 0.293 e. The molecular weight excluding hydrogens is 308 g/mol. The van der Waals surface area contributed by atoms with Gasteiger partial charge in [0.2, 0.25) is 11.8 Å². The molecule has 0 radical (unpaired) electrons. The van der Waals surface area contributed by atoms with Crippen molar-refractivity contribution in [1.29, 1.82) is 0 Å². The van der Waals surface area contributed by atoms with Gasteiger partial charge < -0.3 is 0 Å². The first-order valence-electron chi connectivity index (χ1n) is 8.30. The van der Waals surface area contributed by atoms with Crippen LogP contribution in [0.3, 0.4) is 0 Å². The van der Waals surface area contributed by atoms with E-state index < -0.39 is 4.92 Å². The second-order valence-electron chi connectivity index (χ2n) is 7.42. The molecule has 122 valence electrons. The lowest BCUT2D eigenvalue weighted by molar-refractivity contribution is -0.384. The zero-order chi connectivity index (χ0) is 16.7. The summed E-state index contributed by atoms with van der Waals surface area (Å²) in [4.78, 5) is 38.0. The molecule has 1 heterocycles. The number of hydrogen-bond acceptors (Lipinski definition) is 4. The summed E-state index contributed by atoms with van der Waals surface area (Å²) in [6.45, 7) is 1.75. The van der Waals surface area contributed by atoms with Crippen molar-refractivity contribution in [2.75, 3.05) is 4.90 Å². The average molecular weight is 324 g/mol. The molecular formula is C18H16N2O4. The first-order chi connectivity index (χ1) is 11.5. The third-order valence-electron chi connectivity index (χ3n) is 6.23. The van der Waals surface area contributed by atoms with E-state index in [1.54, 1.807) is 13.0 Å². The van der Waals surface area contributed by atoms with Gasteiger partial charge >= 0.3 is 0 Å². The lowest BCUT2D eigenvalue weighted by Gasteiger charge is -2.37. The van der Waals surface area contributed by atoms with Crippen LogP contribution in [0.5, 0.6) is 0 Å². The van der Waals surface area contributed by atoms with E-state index in [2.05, 4.69) is 12.2 Å². The molecule has 2 bridgehead atoms. The van der Waals surface area contributed by atoms with E-state index in [1.807, 2.05) is 0 Å². The summed E-state index contributed by atoms with van der Waals surface area (Å²) in [7, 11) is 0. The Hall–Kier alpha value is -2.50. The summed E-state index contributed by atoms with van der Waals surface area (Å²) in [5.41, 5.74) is 0.661. The fraction of sp³-hybridized carbons (Fsp3) is 0.444. The second kappa shape index (κ2) is 4.32. The molecule has 0 N–H and O–H groups in total. The summed E-state index contributed by atoms with van der Waals surface area (Å²) >= 11 is 0. The molecule has 6 rings (SSSR count). The van der Waals surface area contributed by atoms with Gasteiger partial charge in [-0.25, -0.2) is 4.90 Å². The van der Waals surface area contributed by atoms with Gasteiger partial charge in [0.15, 0.2) is 0 Å². The molecule has 1 aliphatic heterocycles. The zero-order valence-electron chi connectivity index (χ0n) is 13.1. The number of allylic oxidation sites excluding steroid dienone is 2. The lowest BCUT2D eigenvalue weighted by atomic mass is 9.63. The highest BCUT2D eigenvalue weighted by Gasteiger charge is 2.67. The highest BCUT2D eigenvalue weighted by Crippen LogP contribution is 2.65. The van der Waals surface area contributed by atoms with Gasteiger partial charge in [0.1, 0.15) is 5.69 Å². The number of hydrogen-bond donors (Lipinski definition) is 0. The highest BCUT2D eigenvalue weighted by atomic mass is 16.6. The van der Waals surface area contributed by atoms with Gasteiger partial charge in [0.25, 0.3) is 5.69 Å². The van der Waals surface area contributed by atoms with Crippen LogP contribution in [0, 0.1) is 52.5 Å². The smallest absolute Gasteiger partial charge is 0.274 e. The third kappa shape index (κ3) is 1.56. The van der Waals surface area contributed by atoms with Crippen LogP contribution >= 0.6 is 0 Å². The van der Waals surface area contributed by atoms with E-state index in [9.17, 15) is 19.7 Å². The molecule has 0 spiro atoms. The maximum atomic E-state index is 13.0. The topological polar surface area (TPSA) is 80.5 Å². The number of aryl methyl sites for hydroxylation is 1. The van der Waals surface area contributed by atoms with E-state index >= 15 is 0 Å². The number of carbonyl (C=O) groups is 2. The van der Waals surface area contributed by atoms with Crippen LogP contribution in [0.1, 0.15) is 12.0 Å². The Bertz CT molecular complexity index is 809. The minimum absolute atomic E-state index is 0.114. The van der Waals surface area contributed by atoms with Crippen molar-refractivity contribution in [2.24, 2.45) is 35.5 Å². The normalized spacial score (nSPS) is 38.3. The molecule has 1 aromatic rings. The van der Waals surface area contributed by atoms with Crippen molar-refractivity contribution < 1.29 is 14.5 Å². The SMILES string of the molecule is Cc1ccc(N2C(=O)[C@@H]3[C@@H]4C=C[C@H]([C@H]5C[C@@H]45)[C@@H]3C2=O)c([N+](=O)[O-])c1. The van der Waals surface area contributed by atoms with Gasteiger partial charge in [-0.3, -0.25) is 19.7 Å². The fourth-order valence-corrected chi connectivity index (χ4v) is 5.16. The molecule has 1 aromatic carbocycles. The minimum atomic E-state index is -0.519. The number of anilines is 1. The predicted octanol–water partition coefficient (Wildman–Crippen LogP) is 2.46. The number of nitro benzene ring substituents is 1. The zero-order valence-corrected chi connectivity index (χ0v) is 13.1. The predicted molar refractivity (Wildman–Crippen MR) is 85.0 cm³/mol. The summed E-state index contributed by atoms with van der Waals surface area (Å²) in [6.07, 6.45) is 5.29. The van der Waals surface area contributed by atoms with E-state index in [0.29, 0.717) is 11.8 Å². The molecule has 6 nitrogen and oxygen atoms in total. The number of benzene rings is 1. The molecule has 4 aliphatic carbocycles. The monoisotopic (exact) mass is 324 g/mol. The van der Waals surface area contributed by atoms with Crippen LogP contribution in [-0.2, 0) is 9.59 Å². The van der Waals surface area contributed by atoms with Crippen LogP contribution < -0.4 is 4.90 Å². The minimum Gasteiger partial charge on any atom is -0.274 e. The van der Waals surface area contributed by atoms with E-state index in [1.165, 1.54) is 12.1 Å². The summed E-state index contributed by atoms with van der Waals surface area (Å²) in [5.74, 6) is 0.0847. The Morgan fingerprint density at radius 1 is 1.08 bits per heavy atom. The van der Waals surface area contributed by atoms with Crippen molar-refractivity contribution in [3.05, 3.63) is 46.0 Å². The summed E-state index contributed by atoms with van der Waals surface area (Å²) < 4.78 is 0. The van der Waals surface area contributed by atoms with Crippen molar-refractivity contribution in [3.8, 4) is 0 Å². The Balaban J connectivity index is 1.61. The fourth-order valence-electron chi connectivity index (χ4n) is 5.16. The average Bonchev–Trinajstić information content (AvgIpc) is 3.33. The second-order valence-corrected chi connectivity index (χ2v) is 7.42.